The molecule has 2 rings (SSSR count). The van der Waals surface area contributed by atoms with Crippen LogP contribution in [0.15, 0.2) is 30.5 Å². The summed E-state index contributed by atoms with van der Waals surface area (Å²) in [5.74, 6) is -0.616. The zero-order valence-corrected chi connectivity index (χ0v) is 9.77. The van der Waals surface area contributed by atoms with E-state index < -0.39 is 0 Å². The Labute approximate surface area is 99.5 Å². The van der Waals surface area contributed by atoms with Crippen LogP contribution in [0.25, 0.3) is 5.57 Å². The highest BCUT2D eigenvalue weighted by Gasteiger charge is 2.34. The molecule has 1 aromatic rings. The molecular formula is C13H13NO3. The lowest BCUT2D eigenvalue weighted by Crippen LogP contribution is -2.31. The summed E-state index contributed by atoms with van der Waals surface area (Å²) in [6, 6.07) is 7.18. The molecule has 0 unspecified atom stereocenters. The number of hydrogen-bond acceptors (Lipinski definition) is 3. The Morgan fingerprint density at radius 3 is 2.76 bits per heavy atom. The van der Waals surface area contributed by atoms with Gasteiger partial charge >= 0.3 is 0 Å². The van der Waals surface area contributed by atoms with Crippen molar-refractivity contribution < 1.29 is 14.3 Å². The smallest absolute Gasteiger partial charge is 0.268 e. The SMILES string of the molecule is CCOC=C1C(=O)N(C(C)=O)c2ccccc21. The number of benzene rings is 1. The number of carbonyl (C=O) groups is 2. The van der Waals surface area contributed by atoms with Crippen molar-refractivity contribution in [1.29, 1.82) is 0 Å². The highest BCUT2D eigenvalue weighted by molar-refractivity contribution is 6.39. The first kappa shape index (κ1) is 11.4. The molecule has 1 aliphatic rings. The van der Waals surface area contributed by atoms with E-state index in [0.29, 0.717) is 17.9 Å². The predicted octanol–water partition coefficient (Wildman–Crippen LogP) is 1.96. The summed E-state index contributed by atoms with van der Waals surface area (Å²) in [4.78, 5) is 24.7. The Kier molecular flexibility index (Phi) is 2.95. The molecule has 0 saturated carbocycles. The first-order chi connectivity index (χ1) is 8.16. The molecule has 0 N–H and O–H groups in total. The van der Waals surface area contributed by atoms with Crippen molar-refractivity contribution in [3.8, 4) is 0 Å². The molecule has 0 aromatic heterocycles. The average molecular weight is 231 g/mol. The summed E-state index contributed by atoms with van der Waals surface area (Å²) in [5.41, 5.74) is 1.79. The molecule has 4 nitrogen and oxygen atoms in total. The number of rotatable bonds is 2. The Morgan fingerprint density at radius 2 is 2.12 bits per heavy atom. The van der Waals surface area contributed by atoms with Gasteiger partial charge in [-0.05, 0) is 13.0 Å². The van der Waals surface area contributed by atoms with Gasteiger partial charge in [-0.15, -0.1) is 0 Å². The number of ether oxygens (including phenoxy) is 1. The van der Waals surface area contributed by atoms with Crippen LogP contribution >= 0.6 is 0 Å². The van der Waals surface area contributed by atoms with Crippen molar-refractivity contribution in [1.82, 2.24) is 0 Å². The number of imide groups is 1. The van der Waals surface area contributed by atoms with E-state index in [1.807, 2.05) is 13.0 Å². The number of anilines is 1. The third-order valence-electron chi connectivity index (χ3n) is 2.55. The van der Waals surface area contributed by atoms with Crippen LogP contribution in [0.1, 0.15) is 19.4 Å². The maximum absolute atomic E-state index is 12.1. The zero-order valence-electron chi connectivity index (χ0n) is 9.77. The minimum Gasteiger partial charge on any atom is -0.501 e. The average Bonchev–Trinajstić information content (AvgIpc) is 2.58. The third-order valence-corrected chi connectivity index (χ3v) is 2.55. The van der Waals surface area contributed by atoms with Gasteiger partial charge in [-0.1, -0.05) is 18.2 Å². The van der Waals surface area contributed by atoms with Crippen molar-refractivity contribution in [2.45, 2.75) is 13.8 Å². The number of hydrogen-bond donors (Lipinski definition) is 0. The maximum atomic E-state index is 12.1. The van der Waals surface area contributed by atoms with Crippen molar-refractivity contribution >= 4 is 23.1 Å². The molecule has 0 aliphatic carbocycles. The zero-order chi connectivity index (χ0) is 12.4. The van der Waals surface area contributed by atoms with Crippen molar-refractivity contribution in [2.24, 2.45) is 0 Å². The van der Waals surface area contributed by atoms with E-state index in [1.165, 1.54) is 18.1 Å². The molecule has 1 aliphatic heterocycles. The van der Waals surface area contributed by atoms with Gasteiger partial charge in [0.25, 0.3) is 5.91 Å². The highest BCUT2D eigenvalue weighted by atomic mass is 16.5. The largest absolute Gasteiger partial charge is 0.501 e. The fourth-order valence-electron chi connectivity index (χ4n) is 1.83. The van der Waals surface area contributed by atoms with Crippen molar-refractivity contribution in [3.05, 3.63) is 36.1 Å². The highest BCUT2D eigenvalue weighted by Crippen LogP contribution is 2.36. The van der Waals surface area contributed by atoms with Crippen LogP contribution in [0.5, 0.6) is 0 Å². The van der Waals surface area contributed by atoms with Gasteiger partial charge in [0.2, 0.25) is 5.91 Å². The molecule has 0 radical (unpaired) electrons. The second-order valence-corrected chi connectivity index (χ2v) is 3.66. The van der Waals surface area contributed by atoms with Gasteiger partial charge in [-0.3, -0.25) is 9.59 Å². The standard InChI is InChI=1S/C13H13NO3/c1-3-17-8-11-10-6-4-5-7-12(10)14(9(2)15)13(11)16/h4-8H,3H2,1-2H3. The summed E-state index contributed by atoms with van der Waals surface area (Å²) < 4.78 is 5.15. The van der Waals surface area contributed by atoms with Gasteiger partial charge in [-0.25, -0.2) is 4.90 Å². The number of para-hydroxylation sites is 1. The molecule has 1 aromatic carbocycles. The summed E-state index contributed by atoms with van der Waals surface area (Å²) >= 11 is 0. The molecule has 0 spiro atoms. The molecular weight excluding hydrogens is 218 g/mol. The molecule has 0 bridgehead atoms. The molecule has 4 heteroatoms. The lowest BCUT2D eigenvalue weighted by atomic mass is 10.1. The summed E-state index contributed by atoms with van der Waals surface area (Å²) in [5, 5.41) is 0. The second kappa shape index (κ2) is 4.41. The van der Waals surface area contributed by atoms with Gasteiger partial charge in [0.15, 0.2) is 0 Å². The Hall–Kier alpha value is -2.10. The Morgan fingerprint density at radius 1 is 1.41 bits per heavy atom. The summed E-state index contributed by atoms with van der Waals surface area (Å²) in [6.07, 6.45) is 1.42. The number of carbonyl (C=O) groups excluding carboxylic acids is 2. The Bertz CT molecular complexity index is 505. The molecule has 2 amide bonds. The van der Waals surface area contributed by atoms with E-state index in [9.17, 15) is 9.59 Å². The topological polar surface area (TPSA) is 46.6 Å². The van der Waals surface area contributed by atoms with Gasteiger partial charge in [0, 0.05) is 12.5 Å². The lowest BCUT2D eigenvalue weighted by Gasteiger charge is -2.11. The van der Waals surface area contributed by atoms with Gasteiger partial charge in [0.1, 0.15) is 0 Å². The van der Waals surface area contributed by atoms with Crippen LogP contribution in [0.4, 0.5) is 5.69 Å². The number of amides is 2. The first-order valence-electron chi connectivity index (χ1n) is 5.43. The Balaban J connectivity index is 2.53. The molecule has 1 heterocycles. The monoisotopic (exact) mass is 231 g/mol. The number of nitrogens with zero attached hydrogens (tertiary/aromatic N) is 1. The summed E-state index contributed by atoms with van der Waals surface area (Å²) in [6.45, 7) is 3.70. The van der Waals surface area contributed by atoms with Crippen LogP contribution in [-0.2, 0) is 14.3 Å². The summed E-state index contributed by atoms with van der Waals surface area (Å²) in [7, 11) is 0. The first-order valence-corrected chi connectivity index (χ1v) is 5.43. The molecule has 0 saturated heterocycles. The van der Waals surface area contributed by atoms with E-state index in [-0.39, 0.29) is 11.8 Å². The van der Waals surface area contributed by atoms with Crippen molar-refractivity contribution in [2.75, 3.05) is 11.5 Å². The molecule has 0 fully saturated rings. The predicted molar refractivity (Wildman–Crippen MR) is 64.2 cm³/mol. The normalized spacial score (nSPS) is 16.2. The van der Waals surface area contributed by atoms with Crippen LogP contribution in [0.2, 0.25) is 0 Å². The van der Waals surface area contributed by atoms with Crippen molar-refractivity contribution in [3.63, 3.8) is 0 Å². The van der Waals surface area contributed by atoms with Gasteiger partial charge < -0.3 is 4.74 Å². The fraction of sp³-hybridized carbons (Fsp3) is 0.231. The van der Waals surface area contributed by atoms with Gasteiger partial charge in [-0.2, -0.15) is 0 Å². The van der Waals surface area contributed by atoms with E-state index in [1.54, 1.807) is 18.2 Å². The minimum atomic E-state index is -0.327. The number of fused-ring (bicyclic) bond motifs is 1. The molecule has 0 atom stereocenters. The van der Waals surface area contributed by atoms with E-state index in [2.05, 4.69) is 0 Å². The second-order valence-electron chi connectivity index (χ2n) is 3.66. The third kappa shape index (κ3) is 1.82. The molecule has 17 heavy (non-hydrogen) atoms. The molecule has 88 valence electrons. The van der Waals surface area contributed by atoms with Crippen LogP contribution in [0.3, 0.4) is 0 Å². The minimum absolute atomic E-state index is 0.289. The quantitative estimate of drug-likeness (QED) is 0.577. The van der Waals surface area contributed by atoms with Crippen LogP contribution in [-0.4, -0.2) is 18.4 Å². The maximum Gasteiger partial charge on any atom is 0.268 e. The van der Waals surface area contributed by atoms with E-state index >= 15 is 0 Å². The van der Waals surface area contributed by atoms with E-state index in [0.717, 1.165) is 5.56 Å². The van der Waals surface area contributed by atoms with Crippen LogP contribution in [0, 0.1) is 0 Å². The lowest BCUT2D eigenvalue weighted by molar-refractivity contribution is -0.122. The van der Waals surface area contributed by atoms with Gasteiger partial charge in [0.05, 0.1) is 24.1 Å². The van der Waals surface area contributed by atoms with E-state index in [4.69, 9.17) is 4.74 Å². The van der Waals surface area contributed by atoms with Crippen LogP contribution < -0.4 is 4.90 Å². The fourth-order valence-corrected chi connectivity index (χ4v) is 1.83.